The van der Waals surface area contributed by atoms with Crippen LogP contribution < -0.4 is 10.1 Å². The number of hydrogen-bond acceptors (Lipinski definition) is 13. The summed E-state index contributed by atoms with van der Waals surface area (Å²) >= 11 is 0. The lowest BCUT2D eigenvalue weighted by molar-refractivity contribution is -0.193. The molecule has 3 aliphatic rings. The van der Waals surface area contributed by atoms with Gasteiger partial charge in [-0.2, -0.15) is 68.0 Å². The van der Waals surface area contributed by atoms with Gasteiger partial charge in [0.1, 0.15) is 23.6 Å². The van der Waals surface area contributed by atoms with E-state index in [0.717, 1.165) is 48.0 Å². The fourth-order valence-corrected chi connectivity index (χ4v) is 6.88. The van der Waals surface area contributed by atoms with Gasteiger partial charge in [0.05, 0.1) is 36.2 Å². The van der Waals surface area contributed by atoms with Gasteiger partial charge in [0, 0.05) is 68.2 Å². The van der Waals surface area contributed by atoms with Gasteiger partial charge < -0.3 is 35.1 Å². The third-order valence-corrected chi connectivity index (χ3v) is 9.99. The summed E-state index contributed by atoms with van der Waals surface area (Å²) in [6.07, 6.45) is -7.72. The van der Waals surface area contributed by atoms with Crippen molar-refractivity contribution in [3.8, 4) is 23.2 Å². The lowest BCUT2D eigenvalue weighted by Gasteiger charge is -2.53. The minimum Gasteiger partial charge on any atom is -0.475 e. The van der Waals surface area contributed by atoms with E-state index in [1.54, 1.807) is 6.20 Å². The van der Waals surface area contributed by atoms with Gasteiger partial charge in [-0.25, -0.2) is 29.3 Å². The van der Waals surface area contributed by atoms with Gasteiger partial charge in [-0.05, 0) is 44.6 Å². The number of carboxylic acid groups (broad SMARTS) is 3. The Kier molecular flexibility index (Phi) is 17.5. The van der Waals surface area contributed by atoms with Gasteiger partial charge in [0.2, 0.25) is 11.7 Å². The van der Waals surface area contributed by atoms with Crippen LogP contribution in [0.25, 0.3) is 22.3 Å². The van der Waals surface area contributed by atoms with Crippen LogP contribution >= 0.6 is 0 Å². The Labute approximate surface area is 368 Å². The second-order valence-electron chi connectivity index (χ2n) is 14.8. The van der Waals surface area contributed by atoms with Crippen LogP contribution in [0.5, 0.6) is 5.88 Å². The molecule has 368 valence electrons. The molecule has 30 heteroatoms. The Hall–Kier alpha value is -6.35. The van der Waals surface area contributed by atoms with Gasteiger partial charge in [-0.1, -0.05) is 0 Å². The molecule has 0 radical (unpaired) electrons. The highest BCUT2D eigenvalue weighted by Gasteiger charge is 2.48. The van der Waals surface area contributed by atoms with E-state index in [9.17, 15) is 57.9 Å². The fourth-order valence-electron chi connectivity index (χ4n) is 6.88. The summed E-state index contributed by atoms with van der Waals surface area (Å²) in [5, 5.41) is 39.8. The molecule has 2 saturated heterocycles. The maximum atomic E-state index is 13.6. The molecule has 4 aromatic heterocycles. The number of halogens is 12. The highest BCUT2D eigenvalue weighted by molar-refractivity contribution is 5.90. The lowest BCUT2D eigenvalue weighted by Crippen LogP contribution is -2.65. The SMILES string of the molecule is N#CCC1(n2cc(-c3ncnc4[nH]ccc34)cn2)CN(C2CCC(Oc3cc(CNC[C@@H]4CCCO4)nc(C(F)(F)F)n3)CC2)C1.O=C(O)C(F)(F)F.O=C(O)C(F)(F)F.O=C(O)C(F)(F)F. The molecular formula is C37H38F12N10O8. The minimum absolute atomic E-state index is 0.0493. The van der Waals surface area contributed by atoms with Gasteiger partial charge in [-0.15, -0.1) is 0 Å². The molecule has 1 saturated carbocycles. The molecule has 0 unspecified atom stereocenters. The number of aromatic nitrogens is 7. The predicted molar refractivity (Wildman–Crippen MR) is 200 cm³/mol. The third-order valence-electron chi connectivity index (χ3n) is 9.99. The number of ether oxygens (including phenoxy) is 2. The third kappa shape index (κ3) is 15.3. The highest BCUT2D eigenvalue weighted by Crippen LogP contribution is 2.39. The van der Waals surface area contributed by atoms with E-state index in [4.69, 9.17) is 39.2 Å². The van der Waals surface area contributed by atoms with Crippen LogP contribution in [0, 0.1) is 11.3 Å². The Morgan fingerprint density at radius 1 is 0.896 bits per heavy atom. The predicted octanol–water partition coefficient (Wildman–Crippen LogP) is 6.11. The van der Waals surface area contributed by atoms with E-state index in [-0.39, 0.29) is 36.4 Å². The molecule has 0 aromatic carbocycles. The van der Waals surface area contributed by atoms with Crippen molar-refractivity contribution < 1.29 is 91.9 Å². The van der Waals surface area contributed by atoms with Crippen LogP contribution in [0.15, 0.2) is 37.1 Å². The molecule has 2 aliphatic heterocycles. The molecule has 7 rings (SSSR count). The van der Waals surface area contributed by atoms with Crippen molar-refractivity contribution >= 4 is 28.9 Å². The van der Waals surface area contributed by atoms with Gasteiger partial charge >= 0.3 is 42.6 Å². The van der Waals surface area contributed by atoms with Crippen LogP contribution in [0.3, 0.4) is 0 Å². The smallest absolute Gasteiger partial charge is 0.475 e. The largest absolute Gasteiger partial charge is 0.490 e. The van der Waals surface area contributed by atoms with Crippen molar-refractivity contribution in [2.75, 3.05) is 26.2 Å². The van der Waals surface area contributed by atoms with E-state index in [1.807, 2.05) is 23.1 Å². The molecule has 6 heterocycles. The van der Waals surface area contributed by atoms with Crippen molar-refractivity contribution in [1.82, 2.24) is 44.9 Å². The second-order valence-corrected chi connectivity index (χ2v) is 14.8. The average molecular weight is 979 g/mol. The number of aliphatic carboxylic acids is 3. The van der Waals surface area contributed by atoms with Gasteiger partial charge in [0.25, 0.3) is 0 Å². The zero-order chi connectivity index (χ0) is 50.0. The van der Waals surface area contributed by atoms with Gasteiger partial charge in [0.15, 0.2) is 0 Å². The zero-order valence-corrected chi connectivity index (χ0v) is 34.2. The number of alkyl halides is 12. The van der Waals surface area contributed by atoms with Crippen LogP contribution in [-0.4, -0.2) is 136 Å². The van der Waals surface area contributed by atoms with E-state index in [0.29, 0.717) is 45.5 Å². The van der Waals surface area contributed by atoms with Crippen molar-refractivity contribution in [1.29, 1.82) is 5.26 Å². The molecule has 0 spiro atoms. The number of nitriles is 1. The number of H-pyrrole nitrogens is 1. The van der Waals surface area contributed by atoms with E-state index < -0.39 is 54.0 Å². The van der Waals surface area contributed by atoms with Crippen molar-refractivity contribution in [3.63, 3.8) is 0 Å². The molecule has 3 fully saturated rings. The van der Waals surface area contributed by atoms with E-state index in [1.165, 1.54) is 12.4 Å². The number of rotatable bonds is 10. The Morgan fingerprint density at radius 2 is 1.49 bits per heavy atom. The summed E-state index contributed by atoms with van der Waals surface area (Å²) in [6, 6.07) is 6.06. The molecule has 1 aliphatic carbocycles. The number of likely N-dealkylation sites (tertiary alicyclic amines) is 1. The maximum Gasteiger partial charge on any atom is 0.490 e. The number of carboxylic acids is 3. The van der Waals surface area contributed by atoms with Crippen molar-refractivity contribution in [3.05, 3.63) is 48.6 Å². The average Bonchev–Trinajstić information content (AvgIpc) is 4.02. The Bertz CT molecular complexity index is 2270. The number of nitrogens with zero attached hydrogens (tertiary/aromatic N) is 8. The normalized spacial score (nSPS) is 19.5. The van der Waals surface area contributed by atoms with Crippen molar-refractivity contribution in [2.45, 2.75) is 100.0 Å². The molecule has 67 heavy (non-hydrogen) atoms. The summed E-state index contributed by atoms with van der Waals surface area (Å²) in [4.78, 5) is 48.3. The second kappa shape index (κ2) is 22.0. The minimum atomic E-state index is -5.08. The van der Waals surface area contributed by atoms with Crippen LogP contribution in [0.1, 0.15) is 56.5 Å². The Morgan fingerprint density at radius 3 is 2.01 bits per heavy atom. The summed E-state index contributed by atoms with van der Waals surface area (Å²) < 4.78 is 149. The Balaban J connectivity index is 0.000000389. The number of fused-ring (bicyclic) bond motifs is 1. The summed E-state index contributed by atoms with van der Waals surface area (Å²) in [7, 11) is 0. The van der Waals surface area contributed by atoms with Crippen LogP contribution in [0.4, 0.5) is 52.7 Å². The quantitative estimate of drug-likeness (QED) is 0.112. The molecular weight excluding hydrogens is 940 g/mol. The zero-order valence-electron chi connectivity index (χ0n) is 34.2. The van der Waals surface area contributed by atoms with E-state index >= 15 is 0 Å². The topological polar surface area (TPSA) is 255 Å². The molecule has 18 nitrogen and oxygen atoms in total. The first kappa shape index (κ1) is 53.3. The van der Waals surface area contributed by atoms with Crippen molar-refractivity contribution in [2.24, 2.45) is 0 Å². The number of aromatic amines is 1. The highest BCUT2D eigenvalue weighted by atomic mass is 19.4. The molecule has 4 aromatic rings. The number of nitrogens with one attached hydrogen (secondary N) is 2. The summed E-state index contributed by atoms with van der Waals surface area (Å²) in [5.74, 6) is -9.51. The molecule has 1 atom stereocenters. The lowest BCUT2D eigenvalue weighted by atomic mass is 9.82. The maximum absolute atomic E-state index is 13.6. The van der Waals surface area contributed by atoms with Crippen LogP contribution in [-0.2, 0) is 37.4 Å². The monoisotopic (exact) mass is 978 g/mol. The molecule has 0 amide bonds. The van der Waals surface area contributed by atoms with Crippen LogP contribution in [0.2, 0.25) is 0 Å². The number of hydrogen-bond donors (Lipinski definition) is 5. The fraction of sp³-hybridized carbons (Fsp3) is 0.541. The first-order valence-corrected chi connectivity index (χ1v) is 19.4. The first-order chi connectivity index (χ1) is 31.1. The summed E-state index contributed by atoms with van der Waals surface area (Å²) in [5.41, 5.74) is 2.20. The molecule has 0 bridgehead atoms. The summed E-state index contributed by atoms with van der Waals surface area (Å²) in [6.45, 7) is 2.80. The number of carbonyl (C=O) groups is 3. The van der Waals surface area contributed by atoms with E-state index in [2.05, 4.69) is 46.3 Å². The molecule has 5 N–H and O–H groups in total. The standard InChI is InChI=1S/C31H35F3N10O2.3C2HF3O2/c32-31(33,34)29-41-21(14-36-15-24-2-1-11-45-24)12-26(42-29)46-23-5-3-22(4-6-23)43-17-30(18-43,8-9-35)44-16-20(13-40-44)27-25-7-10-37-28(25)39-19-38-27;3*3-2(4,5)1(6)7/h7,10,12-13,16,19,22-24,36H,1-6,8,11,14-15,17-18H2,(H,37,38,39);3*(H,6,7)/t22?,23?,24-;;;/m0.../s1. The van der Waals surface area contributed by atoms with Gasteiger partial charge in [-0.3, -0.25) is 9.58 Å². The first-order valence-electron chi connectivity index (χ1n) is 19.4.